The third-order valence-electron chi connectivity index (χ3n) is 5.61. The summed E-state index contributed by atoms with van der Waals surface area (Å²) < 4.78 is 12.2. The number of likely N-dealkylation sites (tertiary alicyclic amines) is 1. The zero-order valence-corrected chi connectivity index (χ0v) is 18.4. The van der Waals surface area contributed by atoms with E-state index in [-0.39, 0.29) is 12.0 Å². The van der Waals surface area contributed by atoms with Gasteiger partial charge >= 0.3 is 6.09 Å². The van der Waals surface area contributed by atoms with E-state index in [1.165, 1.54) is 3.57 Å². The molecule has 0 aromatic heterocycles. The van der Waals surface area contributed by atoms with Gasteiger partial charge in [-0.05, 0) is 58.5 Å². The molecule has 6 nitrogen and oxygen atoms in total. The lowest BCUT2D eigenvalue weighted by Crippen LogP contribution is -2.48. The number of halogens is 1. The molecule has 0 unspecified atom stereocenters. The van der Waals surface area contributed by atoms with Crippen LogP contribution in [0, 0.1) is 3.57 Å². The highest BCUT2D eigenvalue weighted by Gasteiger charge is 2.47. The van der Waals surface area contributed by atoms with Crippen molar-refractivity contribution < 1.29 is 19.1 Å². The van der Waals surface area contributed by atoms with Crippen molar-refractivity contribution in [3.05, 3.63) is 63.2 Å². The number of amides is 2. The van der Waals surface area contributed by atoms with E-state index >= 15 is 0 Å². The molecule has 2 saturated heterocycles. The van der Waals surface area contributed by atoms with Gasteiger partial charge in [0, 0.05) is 41.6 Å². The first-order valence-electron chi connectivity index (χ1n) is 9.64. The summed E-state index contributed by atoms with van der Waals surface area (Å²) in [7, 11) is 1.59. The van der Waals surface area contributed by atoms with E-state index in [4.69, 9.17) is 9.47 Å². The minimum absolute atomic E-state index is 0.0150. The van der Waals surface area contributed by atoms with Crippen molar-refractivity contribution in [2.45, 2.75) is 25.0 Å². The lowest BCUT2D eigenvalue weighted by Gasteiger charge is -2.37. The lowest BCUT2D eigenvalue weighted by molar-refractivity contribution is 0.00312. The molecule has 2 heterocycles. The average Bonchev–Trinajstić information content (AvgIpc) is 3.04. The Kier molecular flexibility index (Phi) is 5.67. The second-order valence-electron chi connectivity index (χ2n) is 7.56. The van der Waals surface area contributed by atoms with Gasteiger partial charge in [0.15, 0.2) is 0 Å². The van der Waals surface area contributed by atoms with Crippen LogP contribution in [-0.4, -0.2) is 54.1 Å². The van der Waals surface area contributed by atoms with E-state index in [0.717, 1.165) is 5.56 Å². The average molecular weight is 506 g/mol. The molecule has 0 bridgehead atoms. The van der Waals surface area contributed by atoms with Gasteiger partial charge in [0.05, 0.1) is 13.7 Å². The highest BCUT2D eigenvalue weighted by molar-refractivity contribution is 14.1. The summed E-state index contributed by atoms with van der Waals surface area (Å²) in [5.74, 6) is 0.652. The zero-order valence-electron chi connectivity index (χ0n) is 16.3. The highest BCUT2D eigenvalue weighted by atomic mass is 127. The maximum Gasteiger partial charge on any atom is 0.410 e. The Morgan fingerprint density at radius 1 is 1.17 bits per heavy atom. The van der Waals surface area contributed by atoms with Gasteiger partial charge in [-0.25, -0.2) is 4.79 Å². The normalized spacial score (nSPS) is 18.1. The smallest absolute Gasteiger partial charge is 0.410 e. The number of methoxy groups -OCH3 is 1. The number of ether oxygens (including phenoxy) is 2. The molecule has 2 fully saturated rings. The first-order valence-corrected chi connectivity index (χ1v) is 10.7. The molecule has 0 radical (unpaired) electrons. The zero-order chi connectivity index (χ0) is 20.4. The maximum absolute atomic E-state index is 12.8. The molecule has 2 amide bonds. The van der Waals surface area contributed by atoms with Crippen LogP contribution in [0.15, 0.2) is 48.5 Å². The standard InChI is InChI=1S/C22H23IN2O4/c1-28-19-4-2-3-17(13-19)20(26)24-11-9-22(10-12-24)15-25(21(27)29-22)14-16-5-7-18(23)8-6-16/h2-8,13H,9-12,14-15H2,1H3. The van der Waals surface area contributed by atoms with Gasteiger partial charge in [0.25, 0.3) is 5.91 Å². The summed E-state index contributed by atoms with van der Waals surface area (Å²) in [4.78, 5) is 28.8. The van der Waals surface area contributed by atoms with E-state index in [9.17, 15) is 9.59 Å². The van der Waals surface area contributed by atoms with Crippen molar-refractivity contribution in [2.75, 3.05) is 26.7 Å². The quantitative estimate of drug-likeness (QED) is 0.590. The number of hydrogen-bond acceptors (Lipinski definition) is 4. The Morgan fingerprint density at radius 2 is 1.90 bits per heavy atom. The van der Waals surface area contributed by atoms with Crippen molar-refractivity contribution in [1.29, 1.82) is 0 Å². The third-order valence-corrected chi connectivity index (χ3v) is 6.33. The van der Waals surface area contributed by atoms with Crippen LogP contribution in [0.4, 0.5) is 4.79 Å². The Labute approximate surface area is 183 Å². The minimum atomic E-state index is -0.495. The van der Waals surface area contributed by atoms with Crippen molar-refractivity contribution in [3.63, 3.8) is 0 Å². The predicted molar refractivity (Wildman–Crippen MR) is 117 cm³/mol. The molecule has 0 saturated carbocycles. The summed E-state index contributed by atoms with van der Waals surface area (Å²) in [6.07, 6.45) is 1.03. The summed E-state index contributed by atoms with van der Waals surface area (Å²) in [6.45, 7) is 2.25. The molecule has 0 atom stereocenters. The van der Waals surface area contributed by atoms with Gasteiger partial charge in [-0.2, -0.15) is 0 Å². The molecule has 4 rings (SSSR count). The molecule has 29 heavy (non-hydrogen) atoms. The van der Waals surface area contributed by atoms with Crippen LogP contribution in [0.5, 0.6) is 5.75 Å². The van der Waals surface area contributed by atoms with Gasteiger partial charge < -0.3 is 14.4 Å². The lowest BCUT2D eigenvalue weighted by atomic mass is 9.91. The minimum Gasteiger partial charge on any atom is -0.497 e. The second kappa shape index (κ2) is 8.22. The van der Waals surface area contributed by atoms with Gasteiger partial charge in [-0.15, -0.1) is 0 Å². The fourth-order valence-corrected chi connectivity index (χ4v) is 4.30. The largest absolute Gasteiger partial charge is 0.497 e. The monoisotopic (exact) mass is 506 g/mol. The van der Waals surface area contributed by atoms with Crippen LogP contribution in [0.25, 0.3) is 0 Å². The predicted octanol–water partition coefficient (Wildman–Crippen LogP) is 3.93. The Hall–Kier alpha value is -2.29. The van der Waals surface area contributed by atoms with Gasteiger partial charge in [-0.1, -0.05) is 18.2 Å². The van der Waals surface area contributed by atoms with E-state index in [1.54, 1.807) is 24.1 Å². The number of benzene rings is 2. The number of carbonyl (C=O) groups is 2. The molecule has 2 aliphatic heterocycles. The van der Waals surface area contributed by atoms with Crippen molar-refractivity contribution in [3.8, 4) is 5.75 Å². The van der Waals surface area contributed by atoms with Crippen LogP contribution < -0.4 is 4.74 Å². The molecule has 2 aromatic carbocycles. The Morgan fingerprint density at radius 3 is 2.59 bits per heavy atom. The summed E-state index contributed by atoms with van der Waals surface area (Å²) >= 11 is 2.27. The SMILES string of the molecule is COc1cccc(C(=O)N2CCC3(CC2)CN(Cc2ccc(I)cc2)C(=O)O3)c1. The topological polar surface area (TPSA) is 59.1 Å². The number of rotatable bonds is 4. The molecular weight excluding hydrogens is 483 g/mol. The number of carbonyl (C=O) groups excluding carboxylic acids is 2. The molecule has 2 aliphatic rings. The molecule has 0 aliphatic carbocycles. The molecule has 2 aromatic rings. The van der Waals surface area contributed by atoms with Crippen molar-refractivity contribution in [1.82, 2.24) is 9.80 Å². The van der Waals surface area contributed by atoms with Gasteiger partial charge in [-0.3, -0.25) is 9.69 Å². The van der Waals surface area contributed by atoms with E-state index in [0.29, 0.717) is 50.3 Å². The summed E-state index contributed by atoms with van der Waals surface area (Å²) in [5.41, 5.74) is 1.21. The van der Waals surface area contributed by atoms with E-state index in [1.807, 2.05) is 41.3 Å². The Bertz CT molecular complexity index is 907. The van der Waals surface area contributed by atoms with Gasteiger partial charge in [0.2, 0.25) is 0 Å². The van der Waals surface area contributed by atoms with Crippen LogP contribution in [0.3, 0.4) is 0 Å². The van der Waals surface area contributed by atoms with E-state index in [2.05, 4.69) is 22.6 Å². The fourth-order valence-electron chi connectivity index (χ4n) is 3.94. The van der Waals surface area contributed by atoms with Crippen LogP contribution >= 0.6 is 22.6 Å². The third kappa shape index (κ3) is 4.34. The van der Waals surface area contributed by atoms with Gasteiger partial charge in [0.1, 0.15) is 11.4 Å². The second-order valence-corrected chi connectivity index (χ2v) is 8.80. The number of nitrogens with zero attached hydrogens (tertiary/aromatic N) is 2. The van der Waals surface area contributed by atoms with Crippen molar-refractivity contribution in [2.24, 2.45) is 0 Å². The fraction of sp³-hybridized carbons (Fsp3) is 0.364. The maximum atomic E-state index is 12.8. The molecule has 7 heteroatoms. The summed E-state index contributed by atoms with van der Waals surface area (Å²) in [6, 6.07) is 15.3. The van der Waals surface area contributed by atoms with Crippen LogP contribution in [0.2, 0.25) is 0 Å². The van der Waals surface area contributed by atoms with Crippen LogP contribution in [0.1, 0.15) is 28.8 Å². The molecule has 152 valence electrons. The molecule has 0 N–H and O–H groups in total. The van der Waals surface area contributed by atoms with E-state index < -0.39 is 5.60 Å². The number of hydrogen-bond donors (Lipinski definition) is 0. The molecular formula is C22H23IN2O4. The Balaban J connectivity index is 1.37. The first-order chi connectivity index (χ1) is 14.0. The highest BCUT2D eigenvalue weighted by Crippen LogP contribution is 2.34. The molecule has 1 spiro atoms. The number of piperidine rings is 1. The van der Waals surface area contributed by atoms with Crippen molar-refractivity contribution >= 4 is 34.6 Å². The van der Waals surface area contributed by atoms with Crippen LogP contribution in [-0.2, 0) is 11.3 Å². The summed E-state index contributed by atoms with van der Waals surface area (Å²) in [5, 5.41) is 0. The first kappa shape index (κ1) is 20.0.